The van der Waals surface area contributed by atoms with Gasteiger partial charge in [-0.25, -0.2) is 4.79 Å². The van der Waals surface area contributed by atoms with E-state index in [0.717, 1.165) is 19.3 Å². The average Bonchev–Trinajstić information content (AvgIpc) is 2.44. The first kappa shape index (κ1) is 14.4. The zero-order valence-corrected chi connectivity index (χ0v) is 11.6. The van der Waals surface area contributed by atoms with Crippen LogP contribution in [0.1, 0.15) is 24.5 Å². The molecule has 5 heteroatoms. The molecule has 20 heavy (non-hydrogen) atoms. The van der Waals surface area contributed by atoms with Gasteiger partial charge in [0.05, 0.1) is 5.92 Å². The largest absolute Gasteiger partial charge is 0.481 e. The normalized spacial score (nSPS) is 18.8. The predicted molar refractivity (Wildman–Crippen MR) is 75.6 cm³/mol. The molecule has 2 rings (SSSR count). The van der Waals surface area contributed by atoms with Gasteiger partial charge in [0.2, 0.25) is 0 Å². The molecule has 1 aromatic carbocycles. The molecule has 1 aromatic rings. The number of carboxylic acids is 1. The van der Waals surface area contributed by atoms with E-state index in [-0.39, 0.29) is 18.6 Å². The van der Waals surface area contributed by atoms with Gasteiger partial charge in [-0.3, -0.25) is 4.79 Å². The van der Waals surface area contributed by atoms with Crippen molar-refractivity contribution in [3.8, 4) is 0 Å². The Kier molecular flexibility index (Phi) is 4.61. The highest BCUT2D eigenvalue weighted by Gasteiger charge is 2.20. The molecule has 0 spiro atoms. The van der Waals surface area contributed by atoms with Crippen LogP contribution in [-0.4, -0.2) is 29.7 Å². The van der Waals surface area contributed by atoms with Crippen LogP contribution in [0.5, 0.6) is 0 Å². The molecule has 0 radical (unpaired) electrons. The van der Waals surface area contributed by atoms with Crippen molar-refractivity contribution in [1.82, 2.24) is 10.6 Å². The lowest BCUT2D eigenvalue weighted by molar-refractivity contribution is -0.140. The van der Waals surface area contributed by atoms with Gasteiger partial charge in [-0.1, -0.05) is 31.2 Å². The number of hydrogen-bond donors (Lipinski definition) is 3. The third kappa shape index (κ3) is 3.73. The number of fused-ring (bicyclic) bond motifs is 1. The van der Waals surface area contributed by atoms with Crippen molar-refractivity contribution in [2.24, 2.45) is 5.92 Å². The van der Waals surface area contributed by atoms with Crippen LogP contribution in [-0.2, 0) is 17.6 Å². The molecule has 0 aliphatic heterocycles. The molecule has 0 heterocycles. The summed E-state index contributed by atoms with van der Waals surface area (Å²) in [6.07, 6.45) is 2.71. The minimum Gasteiger partial charge on any atom is -0.481 e. The molecular weight excluding hydrogens is 256 g/mol. The molecule has 1 aliphatic rings. The van der Waals surface area contributed by atoms with Gasteiger partial charge >= 0.3 is 12.0 Å². The van der Waals surface area contributed by atoms with Gasteiger partial charge < -0.3 is 15.7 Å². The van der Waals surface area contributed by atoms with Crippen LogP contribution < -0.4 is 10.6 Å². The Morgan fingerprint density at radius 2 is 2.05 bits per heavy atom. The molecule has 0 fully saturated rings. The first-order chi connectivity index (χ1) is 9.56. The number of carboxylic acid groups (broad SMARTS) is 1. The van der Waals surface area contributed by atoms with E-state index in [0.29, 0.717) is 0 Å². The Morgan fingerprint density at radius 1 is 1.35 bits per heavy atom. The number of urea groups is 1. The van der Waals surface area contributed by atoms with Crippen molar-refractivity contribution in [2.75, 3.05) is 6.54 Å². The van der Waals surface area contributed by atoms with E-state index >= 15 is 0 Å². The second kappa shape index (κ2) is 6.41. The number of hydrogen-bond acceptors (Lipinski definition) is 2. The second-order valence-electron chi connectivity index (χ2n) is 5.30. The van der Waals surface area contributed by atoms with Gasteiger partial charge in [0, 0.05) is 12.6 Å². The molecule has 0 saturated carbocycles. The van der Waals surface area contributed by atoms with Crippen molar-refractivity contribution in [3.63, 3.8) is 0 Å². The lowest BCUT2D eigenvalue weighted by atomic mass is 9.88. The lowest BCUT2D eigenvalue weighted by Gasteiger charge is -2.25. The summed E-state index contributed by atoms with van der Waals surface area (Å²) in [7, 11) is 0. The summed E-state index contributed by atoms with van der Waals surface area (Å²) in [5, 5.41) is 14.3. The standard InChI is InChI=1S/C15H20N2O3/c1-10(14(18)19)9-16-15(20)17-13-7-6-11-4-2-3-5-12(11)8-13/h2-5,10,13H,6-9H2,1H3,(H,18,19)(H2,16,17,20). The van der Waals surface area contributed by atoms with Crippen LogP contribution in [0.15, 0.2) is 24.3 Å². The van der Waals surface area contributed by atoms with Gasteiger partial charge in [0.15, 0.2) is 0 Å². The SMILES string of the molecule is CC(CNC(=O)NC1CCc2ccccc2C1)C(=O)O. The monoisotopic (exact) mass is 276 g/mol. The number of aliphatic carboxylic acids is 1. The number of aryl methyl sites for hydroxylation is 1. The number of amides is 2. The van der Waals surface area contributed by atoms with Crippen molar-refractivity contribution < 1.29 is 14.7 Å². The number of nitrogens with one attached hydrogen (secondary N) is 2. The fourth-order valence-electron chi connectivity index (χ4n) is 2.39. The van der Waals surface area contributed by atoms with Crippen molar-refractivity contribution in [1.29, 1.82) is 0 Å². The van der Waals surface area contributed by atoms with E-state index in [1.807, 2.05) is 12.1 Å². The summed E-state index contributed by atoms with van der Waals surface area (Å²) >= 11 is 0. The number of benzene rings is 1. The molecule has 0 saturated heterocycles. The Labute approximate surface area is 118 Å². The highest BCUT2D eigenvalue weighted by molar-refractivity contribution is 5.76. The van der Waals surface area contributed by atoms with Crippen molar-refractivity contribution in [2.45, 2.75) is 32.2 Å². The summed E-state index contributed by atoms with van der Waals surface area (Å²) in [5.41, 5.74) is 2.63. The van der Waals surface area contributed by atoms with Crippen molar-refractivity contribution >= 4 is 12.0 Å². The van der Waals surface area contributed by atoms with Gasteiger partial charge in [0.25, 0.3) is 0 Å². The minimum atomic E-state index is -0.906. The fourth-order valence-corrected chi connectivity index (χ4v) is 2.39. The maximum Gasteiger partial charge on any atom is 0.315 e. The van der Waals surface area contributed by atoms with Gasteiger partial charge in [0.1, 0.15) is 0 Å². The Morgan fingerprint density at radius 3 is 2.75 bits per heavy atom. The van der Waals surface area contributed by atoms with E-state index in [1.165, 1.54) is 11.1 Å². The van der Waals surface area contributed by atoms with Crippen LogP contribution >= 0.6 is 0 Å². The summed E-state index contributed by atoms with van der Waals surface area (Å²) in [5.74, 6) is -1.48. The summed E-state index contributed by atoms with van der Waals surface area (Å²) in [6.45, 7) is 1.71. The van der Waals surface area contributed by atoms with Crippen LogP contribution in [0, 0.1) is 5.92 Å². The van der Waals surface area contributed by atoms with Crippen LogP contribution in [0.4, 0.5) is 4.79 Å². The van der Waals surface area contributed by atoms with E-state index in [2.05, 4.69) is 22.8 Å². The number of carbonyl (C=O) groups excluding carboxylic acids is 1. The summed E-state index contributed by atoms with van der Waals surface area (Å²) < 4.78 is 0. The van der Waals surface area contributed by atoms with Crippen LogP contribution in [0.25, 0.3) is 0 Å². The zero-order chi connectivity index (χ0) is 14.5. The third-order valence-electron chi connectivity index (χ3n) is 3.67. The van der Waals surface area contributed by atoms with Gasteiger partial charge in [-0.2, -0.15) is 0 Å². The Bertz CT molecular complexity index is 502. The maximum absolute atomic E-state index is 11.7. The first-order valence-electron chi connectivity index (χ1n) is 6.90. The minimum absolute atomic E-state index is 0.116. The molecule has 0 aromatic heterocycles. The topological polar surface area (TPSA) is 78.4 Å². The van der Waals surface area contributed by atoms with E-state index in [4.69, 9.17) is 5.11 Å². The summed E-state index contributed by atoms with van der Waals surface area (Å²) in [6, 6.07) is 8.09. The smallest absolute Gasteiger partial charge is 0.315 e. The van der Waals surface area contributed by atoms with Gasteiger partial charge in [-0.05, 0) is 30.4 Å². The number of carbonyl (C=O) groups is 2. The van der Waals surface area contributed by atoms with E-state index in [1.54, 1.807) is 6.92 Å². The highest BCUT2D eigenvalue weighted by atomic mass is 16.4. The molecular formula is C15H20N2O3. The van der Waals surface area contributed by atoms with E-state index < -0.39 is 11.9 Å². The molecule has 3 N–H and O–H groups in total. The van der Waals surface area contributed by atoms with Crippen molar-refractivity contribution in [3.05, 3.63) is 35.4 Å². The molecule has 108 valence electrons. The fraction of sp³-hybridized carbons (Fsp3) is 0.467. The Balaban J connectivity index is 1.80. The average molecular weight is 276 g/mol. The maximum atomic E-state index is 11.7. The van der Waals surface area contributed by atoms with Crippen LogP contribution in [0.2, 0.25) is 0 Å². The zero-order valence-electron chi connectivity index (χ0n) is 11.6. The molecule has 5 nitrogen and oxygen atoms in total. The summed E-state index contributed by atoms with van der Waals surface area (Å²) in [4.78, 5) is 22.4. The molecule has 0 bridgehead atoms. The molecule has 1 aliphatic carbocycles. The highest BCUT2D eigenvalue weighted by Crippen LogP contribution is 2.20. The van der Waals surface area contributed by atoms with Gasteiger partial charge in [-0.15, -0.1) is 0 Å². The second-order valence-corrected chi connectivity index (χ2v) is 5.30. The van der Waals surface area contributed by atoms with E-state index in [9.17, 15) is 9.59 Å². The first-order valence-corrected chi connectivity index (χ1v) is 6.90. The molecule has 2 unspecified atom stereocenters. The predicted octanol–water partition coefficient (Wildman–Crippen LogP) is 1.56. The Hall–Kier alpha value is -2.04. The third-order valence-corrected chi connectivity index (χ3v) is 3.67. The van der Waals surface area contributed by atoms with Crippen LogP contribution in [0.3, 0.4) is 0 Å². The number of rotatable bonds is 4. The quantitative estimate of drug-likeness (QED) is 0.781. The molecule has 2 amide bonds. The molecule has 2 atom stereocenters. The lowest BCUT2D eigenvalue weighted by Crippen LogP contribution is -2.46.